The average molecular weight is 364 g/mol. The maximum absolute atomic E-state index is 12.7. The number of nitrogens with zero attached hydrogens (tertiary/aromatic N) is 2. The Kier molecular flexibility index (Phi) is 5.18. The second-order valence-electron chi connectivity index (χ2n) is 6.16. The van der Waals surface area contributed by atoms with E-state index in [1.165, 1.54) is 0 Å². The van der Waals surface area contributed by atoms with Gasteiger partial charge in [0.2, 0.25) is 5.91 Å². The number of carbonyl (C=O) groups is 2. The van der Waals surface area contributed by atoms with Crippen LogP contribution in [0.15, 0.2) is 18.2 Å². The number of benzene rings is 1. The summed E-state index contributed by atoms with van der Waals surface area (Å²) in [4.78, 5) is 31.2. The molecule has 2 aromatic rings. The summed E-state index contributed by atoms with van der Waals surface area (Å²) in [5.74, 6) is 0.0625. The molecule has 2 amide bonds. The largest absolute Gasteiger partial charge is 0.450 e. The first-order valence-electron chi connectivity index (χ1n) is 8.45. The number of ether oxygens (including phenoxy) is 1. The molecule has 2 heterocycles. The number of hydrogen-bond acceptors (Lipinski definition) is 3. The van der Waals surface area contributed by atoms with Gasteiger partial charge in [-0.05, 0) is 37.6 Å². The van der Waals surface area contributed by atoms with Crippen molar-refractivity contribution in [2.24, 2.45) is 0 Å². The number of fused-ring (bicyclic) bond motifs is 1. The summed E-state index contributed by atoms with van der Waals surface area (Å²) in [5, 5.41) is 1.65. The molecule has 3 rings (SSSR count). The van der Waals surface area contributed by atoms with Crippen molar-refractivity contribution in [3.8, 4) is 0 Å². The fourth-order valence-electron chi connectivity index (χ4n) is 3.20. The molecule has 0 spiro atoms. The summed E-state index contributed by atoms with van der Waals surface area (Å²) < 4.78 is 5.00. The molecule has 1 saturated heterocycles. The number of carbonyl (C=O) groups excluding carboxylic acids is 2. The van der Waals surface area contributed by atoms with E-state index in [1.54, 1.807) is 16.7 Å². The van der Waals surface area contributed by atoms with E-state index >= 15 is 0 Å². The quantitative estimate of drug-likeness (QED) is 0.911. The van der Waals surface area contributed by atoms with E-state index in [2.05, 4.69) is 4.98 Å². The third kappa shape index (κ3) is 3.74. The molecule has 1 aliphatic heterocycles. The molecule has 0 atom stereocenters. The smallest absolute Gasteiger partial charge is 0.409 e. The van der Waals surface area contributed by atoms with Crippen LogP contribution in [0.2, 0.25) is 5.02 Å². The van der Waals surface area contributed by atoms with Gasteiger partial charge in [-0.2, -0.15) is 0 Å². The van der Waals surface area contributed by atoms with Crippen LogP contribution in [0.4, 0.5) is 4.79 Å². The van der Waals surface area contributed by atoms with Crippen molar-refractivity contribution in [3.63, 3.8) is 0 Å². The van der Waals surface area contributed by atoms with Gasteiger partial charge in [-0.15, -0.1) is 0 Å². The molecule has 1 aromatic carbocycles. The maximum Gasteiger partial charge on any atom is 0.409 e. The molecule has 0 radical (unpaired) electrons. The average Bonchev–Trinajstić information content (AvgIpc) is 2.90. The zero-order valence-corrected chi connectivity index (χ0v) is 15.2. The summed E-state index contributed by atoms with van der Waals surface area (Å²) in [6.45, 7) is 6.18. The van der Waals surface area contributed by atoms with Crippen molar-refractivity contribution < 1.29 is 14.3 Å². The topological polar surface area (TPSA) is 65.6 Å². The molecule has 0 aliphatic carbocycles. The first-order chi connectivity index (χ1) is 12.0. The fourth-order valence-corrected chi connectivity index (χ4v) is 3.37. The molecule has 1 fully saturated rings. The highest BCUT2D eigenvalue weighted by Crippen LogP contribution is 2.26. The molecule has 7 heteroatoms. The van der Waals surface area contributed by atoms with Crippen LogP contribution in [0, 0.1) is 6.92 Å². The highest BCUT2D eigenvalue weighted by Gasteiger charge is 2.25. The van der Waals surface area contributed by atoms with Crippen LogP contribution >= 0.6 is 11.6 Å². The Morgan fingerprint density at radius 3 is 2.56 bits per heavy atom. The number of rotatable bonds is 3. The van der Waals surface area contributed by atoms with Gasteiger partial charge in [0.25, 0.3) is 0 Å². The summed E-state index contributed by atoms with van der Waals surface area (Å²) in [6.07, 6.45) is 0.0164. The zero-order valence-electron chi connectivity index (χ0n) is 14.5. The number of aromatic nitrogens is 1. The number of aryl methyl sites for hydroxylation is 1. The Morgan fingerprint density at radius 1 is 1.20 bits per heavy atom. The van der Waals surface area contributed by atoms with Crippen LogP contribution in [0.5, 0.6) is 0 Å². The minimum Gasteiger partial charge on any atom is -0.450 e. The van der Waals surface area contributed by atoms with Gasteiger partial charge >= 0.3 is 6.09 Å². The number of halogens is 1. The highest BCUT2D eigenvalue weighted by atomic mass is 35.5. The molecular formula is C18H22ClN3O3. The lowest BCUT2D eigenvalue weighted by molar-refractivity contribution is -0.132. The van der Waals surface area contributed by atoms with Gasteiger partial charge < -0.3 is 19.5 Å². The lowest BCUT2D eigenvalue weighted by Gasteiger charge is -2.34. The van der Waals surface area contributed by atoms with Gasteiger partial charge in [0.1, 0.15) is 0 Å². The Bertz CT molecular complexity index is 794. The summed E-state index contributed by atoms with van der Waals surface area (Å²) in [6, 6.07) is 5.65. The molecule has 1 N–H and O–H groups in total. The Balaban J connectivity index is 1.67. The summed E-state index contributed by atoms with van der Waals surface area (Å²) in [5.41, 5.74) is 2.95. The molecule has 134 valence electrons. The minimum absolute atomic E-state index is 0.0625. The number of amides is 2. The lowest BCUT2D eigenvalue weighted by atomic mass is 10.1. The van der Waals surface area contributed by atoms with E-state index in [9.17, 15) is 9.59 Å². The van der Waals surface area contributed by atoms with Crippen molar-refractivity contribution in [2.75, 3.05) is 32.8 Å². The van der Waals surface area contributed by atoms with Gasteiger partial charge in [-0.1, -0.05) is 11.6 Å². The van der Waals surface area contributed by atoms with E-state index in [4.69, 9.17) is 16.3 Å². The summed E-state index contributed by atoms with van der Waals surface area (Å²) >= 11 is 6.10. The molecule has 0 unspecified atom stereocenters. The maximum atomic E-state index is 12.7. The van der Waals surface area contributed by atoms with Crippen LogP contribution in [-0.2, 0) is 16.0 Å². The van der Waals surface area contributed by atoms with Crippen LogP contribution in [0.1, 0.15) is 18.2 Å². The normalized spacial score (nSPS) is 14.8. The monoisotopic (exact) mass is 363 g/mol. The number of aromatic amines is 1. The Labute approximate surface area is 151 Å². The highest BCUT2D eigenvalue weighted by molar-refractivity contribution is 6.31. The third-order valence-corrected chi connectivity index (χ3v) is 4.80. The number of H-pyrrole nitrogens is 1. The molecular weight excluding hydrogens is 342 g/mol. The fraction of sp³-hybridized carbons (Fsp3) is 0.444. The second kappa shape index (κ2) is 7.35. The molecule has 6 nitrogen and oxygen atoms in total. The number of hydrogen-bond donors (Lipinski definition) is 1. The molecule has 1 aromatic heterocycles. The number of piperazine rings is 1. The second-order valence-corrected chi connectivity index (χ2v) is 6.60. The first-order valence-corrected chi connectivity index (χ1v) is 8.83. The van der Waals surface area contributed by atoms with Crippen molar-refractivity contribution in [2.45, 2.75) is 20.3 Å². The van der Waals surface area contributed by atoms with Gasteiger partial charge in [-0.3, -0.25) is 4.79 Å². The van der Waals surface area contributed by atoms with E-state index in [0.717, 1.165) is 22.2 Å². The third-order valence-electron chi connectivity index (χ3n) is 4.57. The zero-order chi connectivity index (χ0) is 18.0. The Hall–Kier alpha value is -2.21. The van der Waals surface area contributed by atoms with E-state index in [-0.39, 0.29) is 12.0 Å². The SMILES string of the molecule is CCOC(=O)N1CCN(C(=O)Cc2c(C)[nH]c3ccc(Cl)cc23)CC1. The molecule has 1 aliphatic rings. The van der Waals surface area contributed by atoms with E-state index in [1.807, 2.05) is 25.1 Å². The Morgan fingerprint density at radius 2 is 1.88 bits per heavy atom. The predicted molar refractivity (Wildman–Crippen MR) is 96.9 cm³/mol. The molecule has 25 heavy (non-hydrogen) atoms. The van der Waals surface area contributed by atoms with Gasteiger partial charge in [0, 0.05) is 47.8 Å². The van der Waals surface area contributed by atoms with Crippen molar-refractivity contribution in [3.05, 3.63) is 34.5 Å². The van der Waals surface area contributed by atoms with Gasteiger partial charge in [-0.25, -0.2) is 4.79 Å². The standard InChI is InChI=1S/C18H22ClN3O3/c1-3-25-18(24)22-8-6-21(7-9-22)17(23)11-14-12(2)20-16-5-4-13(19)10-15(14)16/h4-5,10,20H,3,6-9,11H2,1-2H3. The predicted octanol–water partition coefficient (Wildman–Crippen LogP) is 2.97. The van der Waals surface area contributed by atoms with Gasteiger partial charge in [0.05, 0.1) is 13.0 Å². The van der Waals surface area contributed by atoms with E-state index in [0.29, 0.717) is 44.2 Å². The van der Waals surface area contributed by atoms with E-state index < -0.39 is 0 Å². The lowest BCUT2D eigenvalue weighted by Crippen LogP contribution is -2.51. The first kappa shape index (κ1) is 17.6. The van der Waals surface area contributed by atoms with Crippen molar-refractivity contribution in [1.29, 1.82) is 0 Å². The van der Waals surface area contributed by atoms with Crippen LogP contribution in [-0.4, -0.2) is 59.6 Å². The van der Waals surface area contributed by atoms with Crippen LogP contribution < -0.4 is 0 Å². The number of nitrogens with one attached hydrogen (secondary N) is 1. The molecule has 0 saturated carbocycles. The molecule has 0 bridgehead atoms. The summed E-state index contributed by atoms with van der Waals surface area (Å²) in [7, 11) is 0. The van der Waals surface area contributed by atoms with Crippen molar-refractivity contribution in [1.82, 2.24) is 14.8 Å². The van der Waals surface area contributed by atoms with Crippen LogP contribution in [0.25, 0.3) is 10.9 Å². The van der Waals surface area contributed by atoms with Crippen LogP contribution in [0.3, 0.4) is 0 Å². The minimum atomic E-state index is -0.309. The van der Waals surface area contributed by atoms with Gasteiger partial charge in [0.15, 0.2) is 0 Å². The van der Waals surface area contributed by atoms with Crippen molar-refractivity contribution >= 4 is 34.5 Å².